The number of aryl methyl sites for hydroxylation is 1. The van der Waals surface area contributed by atoms with E-state index in [2.05, 4.69) is 10.3 Å². The normalized spacial score (nSPS) is 24.8. The van der Waals surface area contributed by atoms with Crippen LogP contribution in [0.1, 0.15) is 18.4 Å². The fourth-order valence-electron chi connectivity index (χ4n) is 3.72. The molecule has 1 aromatic carbocycles. The molecule has 0 amide bonds. The summed E-state index contributed by atoms with van der Waals surface area (Å²) in [5.74, 6) is 0.150. The molecule has 8 heteroatoms. The van der Waals surface area contributed by atoms with Gasteiger partial charge < -0.3 is 20.6 Å². The summed E-state index contributed by atoms with van der Waals surface area (Å²) in [5, 5.41) is 35.7. The molecule has 3 atom stereocenters. The number of thiazole rings is 1. The summed E-state index contributed by atoms with van der Waals surface area (Å²) in [6, 6.07) is 9.95. The van der Waals surface area contributed by atoms with Crippen molar-refractivity contribution < 1.29 is 15.3 Å². The van der Waals surface area contributed by atoms with E-state index in [4.69, 9.17) is 4.98 Å². The summed E-state index contributed by atoms with van der Waals surface area (Å²) in [6.07, 6.45) is 1.76. The number of nitrogens with zero attached hydrogens (tertiary/aromatic N) is 2. The van der Waals surface area contributed by atoms with Crippen LogP contribution in [0.15, 0.2) is 35.4 Å². The highest BCUT2D eigenvalue weighted by molar-refractivity contribution is 7.98. The molecule has 1 saturated carbocycles. The number of para-hydroxylation sites is 1. The molecule has 2 heterocycles. The summed E-state index contributed by atoms with van der Waals surface area (Å²) < 4.78 is 1.08. The van der Waals surface area contributed by atoms with Gasteiger partial charge in [-0.05, 0) is 49.8 Å². The van der Waals surface area contributed by atoms with E-state index in [9.17, 15) is 15.3 Å². The number of hydrogen-bond donors (Lipinski definition) is 4. The first-order valence-corrected chi connectivity index (χ1v) is 11.2. The van der Waals surface area contributed by atoms with Crippen molar-refractivity contribution in [1.29, 1.82) is 0 Å². The van der Waals surface area contributed by atoms with Crippen molar-refractivity contribution in [2.24, 2.45) is 5.92 Å². The zero-order chi connectivity index (χ0) is 19.9. The molecule has 0 spiro atoms. The fourth-order valence-corrected chi connectivity index (χ4v) is 5.27. The molecule has 2 aromatic heterocycles. The van der Waals surface area contributed by atoms with Gasteiger partial charge in [-0.25, -0.2) is 9.97 Å². The van der Waals surface area contributed by atoms with Crippen LogP contribution in [0.5, 0.6) is 0 Å². The third kappa shape index (κ3) is 3.40. The van der Waals surface area contributed by atoms with E-state index in [1.165, 1.54) is 11.8 Å². The van der Waals surface area contributed by atoms with Crippen LogP contribution in [0.3, 0.4) is 0 Å². The second-order valence-corrected chi connectivity index (χ2v) is 9.02. The molecule has 1 aliphatic carbocycles. The van der Waals surface area contributed by atoms with Gasteiger partial charge >= 0.3 is 0 Å². The van der Waals surface area contributed by atoms with E-state index < -0.39 is 11.8 Å². The minimum atomic E-state index is -1.53. The average Bonchev–Trinajstić information content (AvgIpc) is 3.22. The molecule has 148 valence electrons. The van der Waals surface area contributed by atoms with Crippen LogP contribution >= 0.6 is 23.1 Å². The maximum atomic E-state index is 11.0. The number of aromatic nitrogens is 2. The van der Waals surface area contributed by atoms with E-state index >= 15 is 0 Å². The Kier molecular flexibility index (Phi) is 5.32. The van der Waals surface area contributed by atoms with Gasteiger partial charge in [0.05, 0.1) is 20.8 Å². The van der Waals surface area contributed by atoms with Crippen LogP contribution in [-0.2, 0) is 0 Å². The van der Waals surface area contributed by atoms with Gasteiger partial charge in [0.15, 0.2) is 5.72 Å². The third-order valence-corrected chi connectivity index (χ3v) is 6.99. The lowest BCUT2D eigenvalue weighted by Crippen LogP contribution is -2.48. The Morgan fingerprint density at radius 2 is 2.11 bits per heavy atom. The van der Waals surface area contributed by atoms with Gasteiger partial charge in [0.25, 0.3) is 0 Å². The predicted octanol–water partition coefficient (Wildman–Crippen LogP) is 3.25. The van der Waals surface area contributed by atoms with Crippen molar-refractivity contribution in [2.45, 2.75) is 36.6 Å². The van der Waals surface area contributed by atoms with Gasteiger partial charge in [-0.1, -0.05) is 12.1 Å². The summed E-state index contributed by atoms with van der Waals surface area (Å²) >= 11 is 3.09. The van der Waals surface area contributed by atoms with E-state index in [0.717, 1.165) is 31.4 Å². The molecular weight excluding hydrogens is 394 g/mol. The van der Waals surface area contributed by atoms with E-state index in [0.29, 0.717) is 18.7 Å². The Bertz CT molecular complexity index is 977. The minimum absolute atomic E-state index is 0.160. The number of hydrogen-bond acceptors (Lipinski definition) is 8. The molecule has 0 radical (unpaired) electrons. The number of thioether (sulfide) groups is 1. The lowest BCUT2D eigenvalue weighted by molar-refractivity contribution is -0.0545. The number of rotatable bonds is 5. The van der Waals surface area contributed by atoms with Gasteiger partial charge in [0, 0.05) is 12.5 Å². The first-order valence-electron chi connectivity index (χ1n) is 9.16. The van der Waals surface area contributed by atoms with E-state index in [-0.39, 0.29) is 12.5 Å². The number of fused-ring (bicyclic) bond motifs is 1. The Hall–Kier alpha value is -1.71. The second kappa shape index (κ2) is 7.61. The zero-order valence-corrected chi connectivity index (χ0v) is 17.3. The highest BCUT2D eigenvalue weighted by Gasteiger charge is 2.47. The number of benzene rings is 1. The topological polar surface area (TPSA) is 98.5 Å². The van der Waals surface area contributed by atoms with Crippen molar-refractivity contribution in [3.8, 4) is 10.6 Å². The van der Waals surface area contributed by atoms with Gasteiger partial charge in [-0.2, -0.15) is 0 Å². The molecule has 1 aliphatic rings. The molecular formula is C20H23N3O3S2. The molecule has 0 aliphatic heterocycles. The molecule has 0 bridgehead atoms. The van der Waals surface area contributed by atoms with Gasteiger partial charge in [-0.15, -0.1) is 23.1 Å². The highest BCUT2D eigenvalue weighted by Crippen LogP contribution is 2.41. The van der Waals surface area contributed by atoms with Gasteiger partial charge in [0.2, 0.25) is 0 Å². The Morgan fingerprint density at radius 3 is 2.79 bits per heavy atom. The molecule has 28 heavy (non-hydrogen) atoms. The number of pyridine rings is 1. The van der Waals surface area contributed by atoms with Crippen molar-refractivity contribution in [3.05, 3.63) is 35.9 Å². The summed E-state index contributed by atoms with van der Waals surface area (Å²) in [4.78, 5) is 9.43. The number of nitrogens with one attached hydrogen (secondary N) is 1. The molecule has 0 saturated heterocycles. The van der Waals surface area contributed by atoms with Crippen molar-refractivity contribution in [2.75, 3.05) is 18.2 Å². The van der Waals surface area contributed by atoms with Crippen LogP contribution < -0.4 is 5.32 Å². The Labute approximate surface area is 171 Å². The molecule has 4 N–H and O–H groups in total. The molecule has 3 aromatic rings. The predicted molar refractivity (Wildman–Crippen MR) is 114 cm³/mol. The van der Waals surface area contributed by atoms with Crippen molar-refractivity contribution >= 4 is 39.1 Å². The molecule has 1 fully saturated rings. The zero-order valence-electron chi connectivity index (χ0n) is 15.7. The third-order valence-electron chi connectivity index (χ3n) is 5.31. The quantitative estimate of drug-likeness (QED) is 0.374. The average molecular weight is 418 g/mol. The smallest absolute Gasteiger partial charge is 0.163 e. The van der Waals surface area contributed by atoms with Crippen LogP contribution in [0.25, 0.3) is 20.8 Å². The lowest BCUT2D eigenvalue weighted by atomic mass is 10.0. The number of anilines is 1. The standard InChI is InChI=1S/C20H23N3O3S2/c1-11-9-15(27-2)22-18(23-20(26)8-7-12(10-24)17(20)25)16(11)19-21-13-5-3-4-6-14(13)28-19/h3-6,9,12,17,24-26H,7-8,10H2,1-2H3,(H,22,23). The van der Waals surface area contributed by atoms with Crippen molar-refractivity contribution in [1.82, 2.24) is 9.97 Å². The SMILES string of the molecule is CSc1cc(C)c(-c2nc3ccccc3s2)c(NC2(O)CCC(CO)C2O)n1. The number of aliphatic hydroxyl groups excluding tert-OH is 2. The first kappa shape index (κ1) is 19.6. The van der Waals surface area contributed by atoms with Gasteiger partial charge in [0.1, 0.15) is 16.9 Å². The highest BCUT2D eigenvalue weighted by atomic mass is 32.2. The maximum Gasteiger partial charge on any atom is 0.163 e. The fraction of sp³-hybridized carbons (Fsp3) is 0.400. The Morgan fingerprint density at radius 1 is 1.32 bits per heavy atom. The molecule has 6 nitrogen and oxygen atoms in total. The maximum absolute atomic E-state index is 11.0. The Balaban J connectivity index is 1.81. The largest absolute Gasteiger partial charge is 0.396 e. The van der Waals surface area contributed by atoms with Gasteiger partial charge in [-0.3, -0.25) is 0 Å². The summed E-state index contributed by atoms with van der Waals surface area (Å²) in [5.41, 5.74) is 1.21. The first-order chi connectivity index (χ1) is 13.4. The lowest BCUT2D eigenvalue weighted by Gasteiger charge is -2.31. The van der Waals surface area contributed by atoms with Crippen LogP contribution in [0.4, 0.5) is 5.82 Å². The van der Waals surface area contributed by atoms with E-state index in [1.807, 2.05) is 43.5 Å². The van der Waals surface area contributed by atoms with Crippen molar-refractivity contribution in [3.63, 3.8) is 0 Å². The van der Waals surface area contributed by atoms with Crippen LogP contribution in [0, 0.1) is 12.8 Å². The van der Waals surface area contributed by atoms with E-state index in [1.54, 1.807) is 11.3 Å². The molecule has 4 rings (SSSR count). The summed E-state index contributed by atoms with van der Waals surface area (Å²) in [7, 11) is 0. The van der Waals surface area contributed by atoms with Crippen LogP contribution in [0.2, 0.25) is 0 Å². The second-order valence-electron chi connectivity index (χ2n) is 7.17. The van der Waals surface area contributed by atoms with Crippen LogP contribution in [-0.4, -0.2) is 50.0 Å². The number of aliphatic hydroxyl groups is 3. The summed E-state index contributed by atoms with van der Waals surface area (Å²) in [6.45, 7) is 1.84. The molecule has 3 unspecified atom stereocenters. The minimum Gasteiger partial charge on any atom is -0.396 e. The monoisotopic (exact) mass is 417 g/mol.